The van der Waals surface area contributed by atoms with Crippen molar-refractivity contribution in [2.24, 2.45) is 0 Å². The minimum absolute atomic E-state index is 0.0356. The van der Waals surface area contributed by atoms with Crippen molar-refractivity contribution in [3.63, 3.8) is 0 Å². The van der Waals surface area contributed by atoms with Crippen LogP contribution in [0.25, 0.3) is 5.57 Å². The van der Waals surface area contributed by atoms with E-state index in [1.807, 2.05) is 30.4 Å². The number of carbonyl (C=O) groups is 1. The highest BCUT2D eigenvalue weighted by atomic mass is 19.1. The smallest absolute Gasteiger partial charge is 0.178 e. The van der Waals surface area contributed by atoms with Gasteiger partial charge in [-0.15, -0.1) is 0 Å². The first-order valence-corrected chi connectivity index (χ1v) is 12.4. The van der Waals surface area contributed by atoms with Crippen molar-refractivity contribution in [2.45, 2.75) is 38.2 Å². The van der Waals surface area contributed by atoms with Gasteiger partial charge in [0, 0.05) is 32.0 Å². The molecule has 2 heterocycles. The number of likely N-dealkylation sites (tertiary alicyclic amines) is 1. The van der Waals surface area contributed by atoms with Crippen LogP contribution in [0.15, 0.2) is 89.3 Å². The minimum Gasteiger partial charge on any atom is -0.489 e. The molecule has 0 bridgehead atoms. The number of carbonyl (C=O) groups excluding carboxylic acids is 1. The molecule has 35 heavy (non-hydrogen) atoms. The molecule has 5 rings (SSSR count). The minimum atomic E-state index is -0.274. The summed E-state index contributed by atoms with van der Waals surface area (Å²) >= 11 is 0. The van der Waals surface area contributed by atoms with Crippen LogP contribution in [0, 0.1) is 0 Å². The molecule has 1 aromatic rings. The fraction of sp³-hybridized carbons (Fsp3) is 0.345. The maximum atomic E-state index is 12.5. The number of alkyl halides is 1. The molecule has 182 valence electrons. The van der Waals surface area contributed by atoms with Crippen LogP contribution in [0.1, 0.15) is 37.7 Å². The molecule has 5 nitrogen and oxygen atoms in total. The first-order valence-electron chi connectivity index (χ1n) is 12.4. The van der Waals surface area contributed by atoms with Gasteiger partial charge in [0.2, 0.25) is 0 Å². The molecule has 0 unspecified atom stereocenters. The second-order valence-corrected chi connectivity index (χ2v) is 9.39. The third kappa shape index (κ3) is 5.39. The van der Waals surface area contributed by atoms with E-state index in [-0.39, 0.29) is 18.6 Å². The maximum absolute atomic E-state index is 12.5. The number of ketones is 1. The Bertz CT molecular complexity index is 1140. The number of benzene rings is 1. The van der Waals surface area contributed by atoms with E-state index in [1.165, 1.54) is 5.57 Å². The van der Waals surface area contributed by atoms with Crippen LogP contribution in [0.5, 0.6) is 5.75 Å². The molecule has 2 aliphatic heterocycles. The topological polar surface area (TPSA) is 53.0 Å². The number of hydrogen-bond donors (Lipinski definition) is 1. The van der Waals surface area contributed by atoms with Crippen molar-refractivity contribution in [1.29, 1.82) is 0 Å². The molecule has 1 aromatic carbocycles. The second-order valence-electron chi connectivity index (χ2n) is 9.39. The Morgan fingerprint density at radius 2 is 1.86 bits per heavy atom. The average molecular weight is 475 g/mol. The second kappa shape index (κ2) is 10.6. The SMILES string of the molecule is O=C1C=CC2=C(c3ccc(O[C@H]4CCN(CCCF)C4)cc3)C(=C3C=CN(O)C=C3)CCCC2=C1. The van der Waals surface area contributed by atoms with Gasteiger partial charge in [-0.3, -0.25) is 19.3 Å². The summed E-state index contributed by atoms with van der Waals surface area (Å²) in [5.41, 5.74) is 6.63. The third-order valence-electron chi connectivity index (χ3n) is 6.97. The van der Waals surface area contributed by atoms with Crippen molar-refractivity contribution < 1.29 is 19.1 Å². The average Bonchev–Trinajstić information content (AvgIpc) is 3.22. The van der Waals surface area contributed by atoms with Crippen LogP contribution < -0.4 is 4.74 Å². The van der Waals surface area contributed by atoms with Crippen LogP contribution in [0.4, 0.5) is 4.39 Å². The van der Waals surface area contributed by atoms with Crippen molar-refractivity contribution >= 4 is 11.4 Å². The number of allylic oxidation sites excluding steroid dienone is 10. The van der Waals surface area contributed by atoms with Crippen LogP contribution in [0.2, 0.25) is 0 Å². The molecule has 2 aliphatic carbocycles. The Morgan fingerprint density at radius 1 is 1.06 bits per heavy atom. The molecule has 1 fully saturated rings. The van der Waals surface area contributed by atoms with E-state index in [9.17, 15) is 14.4 Å². The number of nitrogens with zero attached hydrogens (tertiary/aromatic N) is 2. The van der Waals surface area contributed by atoms with Gasteiger partial charge < -0.3 is 4.74 Å². The molecule has 1 atom stereocenters. The lowest BCUT2D eigenvalue weighted by atomic mass is 9.85. The van der Waals surface area contributed by atoms with E-state index in [4.69, 9.17) is 4.74 Å². The van der Waals surface area contributed by atoms with Crippen molar-refractivity contribution in [3.05, 3.63) is 94.9 Å². The number of ether oxygens (including phenoxy) is 1. The summed E-state index contributed by atoms with van der Waals surface area (Å²) < 4.78 is 18.7. The van der Waals surface area contributed by atoms with Gasteiger partial charge in [0.05, 0.1) is 6.67 Å². The van der Waals surface area contributed by atoms with Gasteiger partial charge >= 0.3 is 0 Å². The Morgan fingerprint density at radius 3 is 2.63 bits per heavy atom. The third-order valence-corrected chi connectivity index (χ3v) is 6.97. The van der Waals surface area contributed by atoms with E-state index >= 15 is 0 Å². The zero-order valence-corrected chi connectivity index (χ0v) is 19.8. The summed E-state index contributed by atoms with van der Waals surface area (Å²) in [4.78, 5) is 14.4. The highest BCUT2D eigenvalue weighted by Crippen LogP contribution is 2.42. The van der Waals surface area contributed by atoms with Crippen LogP contribution in [-0.4, -0.2) is 53.4 Å². The van der Waals surface area contributed by atoms with Gasteiger partial charge in [-0.2, -0.15) is 0 Å². The first kappa shape index (κ1) is 23.5. The van der Waals surface area contributed by atoms with Crippen molar-refractivity contribution in [3.8, 4) is 5.75 Å². The van der Waals surface area contributed by atoms with E-state index < -0.39 is 0 Å². The number of fused-ring (bicyclic) bond motifs is 1. The van der Waals surface area contributed by atoms with Gasteiger partial charge in [0.25, 0.3) is 0 Å². The van der Waals surface area contributed by atoms with Crippen LogP contribution in [-0.2, 0) is 4.79 Å². The Hall–Kier alpha value is -3.22. The molecule has 6 heteroatoms. The predicted octanol–water partition coefficient (Wildman–Crippen LogP) is 5.53. The fourth-order valence-corrected chi connectivity index (χ4v) is 5.27. The fourth-order valence-electron chi connectivity index (χ4n) is 5.27. The van der Waals surface area contributed by atoms with Gasteiger partial charge in [0.15, 0.2) is 5.78 Å². The quantitative estimate of drug-likeness (QED) is 0.588. The first-order chi connectivity index (χ1) is 17.1. The summed E-state index contributed by atoms with van der Waals surface area (Å²) in [5.74, 6) is 0.867. The zero-order valence-electron chi connectivity index (χ0n) is 19.8. The van der Waals surface area contributed by atoms with E-state index in [2.05, 4.69) is 17.0 Å². The molecular formula is C29H31FN2O3. The van der Waals surface area contributed by atoms with E-state index in [1.54, 1.807) is 24.6 Å². The highest BCUT2D eigenvalue weighted by molar-refractivity contribution is 6.04. The molecular weight excluding hydrogens is 443 g/mol. The number of halogens is 1. The van der Waals surface area contributed by atoms with Gasteiger partial charge in [-0.05, 0) is 102 Å². The van der Waals surface area contributed by atoms with E-state index in [0.29, 0.717) is 6.42 Å². The number of hydroxylamine groups is 2. The lowest BCUT2D eigenvalue weighted by Crippen LogP contribution is -2.26. The van der Waals surface area contributed by atoms with Gasteiger partial charge in [0.1, 0.15) is 11.9 Å². The summed E-state index contributed by atoms with van der Waals surface area (Å²) in [6.45, 7) is 2.29. The zero-order chi connectivity index (χ0) is 24.2. The van der Waals surface area contributed by atoms with Gasteiger partial charge in [-0.25, -0.2) is 5.06 Å². The molecule has 0 amide bonds. The molecule has 1 saturated heterocycles. The monoisotopic (exact) mass is 474 g/mol. The summed E-state index contributed by atoms with van der Waals surface area (Å²) in [7, 11) is 0. The van der Waals surface area contributed by atoms with Crippen molar-refractivity contribution in [1.82, 2.24) is 9.96 Å². The lowest BCUT2D eigenvalue weighted by molar-refractivity contribution is -0.110. The molecule has 0 aromatic heterocycles. The summed E-state index contributed by atoms with van der Waals surface area (Å²) in [6, 6.07) is 8.22. The Labute approximate surface area is 205 Å². The summed E-state index contributed by atoms with van der Waals surface area (Å²) in [5, 5.41) is 10.8. The standard InChI is InChI=1S/C29H31FN2O3/c30-14-2-15-31-16-13-26(20-31)35-25-8-5-22(6-9-25)29-27(21-11-17-32(34)18-12-21)4-1-3-23-19-24(33)7-10-28(23)29/h5-12,17-19,26,34H,1-4,13-16,20H2/t26-/m0/s1. The normalized spacial score (nSPS) is 22.6. The molecule has 1 N–H and O–H groups in total. The number of rotatable bonds is 6. The van der Waals surface area contributed by atoms with Crippen LogP contribution >= 0.6 is 0 Å². The largest absolute Gasteiger partial charge is 0.489 e. The molecule has 0 spiro atoms. The number of hydrogen-bond acceptors (Lipinski definition) is 5. The molecule has 0 radical (unpaired) electrons. The highest BCUT2D eigenvalue weighted by Gasteiger charge is 2.25. The predicted molar refractivity (Wildman–Crippen MR) is 134 cm³/mol. The molecule has 0 saturated carbocycles. The lowest BCUT2D eigenvalue weighted by Gasteiger charge is -2.21. The molecule has 4 aliphatic rings. The maximum Gasteiger partial charge on any atom is 0.178 e. The van der Waals surface area contributed by atoms with Crippen LogP contribution in [0.3, 0.4) is 0 Å². The van der Waals surface area contributed by atoms with Gasteiger partial charge in [-0.1, -0.05) is 18.2 Å². The summed E-state index contributed by atoms with van der Waals surface area (Å²) in [6.07, 6.45) is 16.8. The Balaban J connectivity index is 1.45. The van der Waals surface area contributed by atoms with Crippen molar-refractivity contribution in [2.75, 3.05) is 26.3 Å². The Kier molecular flexibility index (Phi) is 7.11. The van der Waals surface area contributed by atoms with E-state index in [0.717, 1.165) is 84.0 Å².